The molecule has 1 saturated carbocycles. The summed E-state index contributed by atoms with van der Waals surface area (Å²) >= 11 is 0. The first kappa shape index (κ1) is 10.3. The molecule has 88 valence electrons. The van der Waals surface area contributed by atoms with Crippen LogP contribution >= 0.6 is 0 Å². The molecule has 0 spiro atoms. The Hall–Kier alpha value is -0.830. The van der Waals surface area contributed by atoms with Crippen LogP contribution in [0, 0.1) is 5.92 Å². The number of nitrogens with one attached hydrogen (secondary N) is 1. The third-order valence-electron chi connectivity index (χ3n) is 4.18. The Balaban J connectivity index is 1.66. The van der Waals surface area contributed by atoms with E-state index in [0.29, 0.717) is 0 Å². The highest BCUT2D eigenvalue weighted by atomic mass is 15.1. The molecule has 3 heteroatoms. The maximum Gasteiger partial charge on any atom is 0.0948 e. The van der Waals surface area contributed by atoms with Gasteiger partial charge in [0.1, 0.15) is 0 Å². The van der Waals surface area contributed by atoms with E-state index in [2.05, 4.69) is 21.1 Å². The maximum atomic E-state index is 4.34. The first-order chi connectivity index (χ1) is 7.93. The molecule has 0 aromatic carbocycles. The first-order valence-corrected chi connectivity index (χ1v) is 6.64. The van der Waals surface area contributed by atoms with Crippen LogP contribution in [0.4, 0.5) is 0 Å². The Kier molecular flexibility index (Phi) is 2.96. The van der Waals surface area contributed by atoms with Crippen LogP contribution in [0.25, 0.3) is 0 Å². The van der Waals surface area contributed by atoms with Gasteiger partial charge in [-0.15, -0.1) is 0 Å². The van der Waals surface area contributed by atoms with Gasteiger partial charge in [-0.1, -0.05) is 6.42 Å². The zero-order chi connectivity index (χ0) is 10.8. The number of nitrogens with zero attached hydrogens (tertiary/aromatic N) is 2. The lowest BCUT2D eigenvalue weighted by molar-refractivity contribution is 0.318. The van der Waals surface area contributed by atoms with Crippen molar-refractivity contribution < 1.29 is 0 Å². The van der Waals surface area contributed by atoms with Crippen molar-refractivity contribution in [3.8, 4) is 0 Å². The summed E-state index contributed by atoms with van der Waals surface area (Å²) in [5.74, 6) is 1.67. The van der Waals surface area contributed by atoms with Crippen LogP contribution in [-0.4, -0.2) is 22.6 Å². The van der Waals surface area contributed by atoms with Crippen molar-refractivity contribution in [3.63, 3.8) is 0 Å². The standard InChI is InChI=1S/C13H21N3/c1-2-12(3-1)13-8-15-10-16(13)9-11-4-6-14-7-5-11/h8,10-12,14H,1-7,9H2. The van der Waals surface area contributed by atoms with E-state index in [4.69, 9.17) is 0 Å². The minimum absolute atomic E-state index is 0.809. The fourth-order valence-electron chi connectivity index (χ4n) is 2.87. The van der Waals surface area contributed by atoms with E-state index in [0.717, 1.165) is 11.8 Å². The van der Waals surface area contributed by atoms with Gasteiger partial charge in [0.05, 0.1) is 6.33 Å². The monoisotopic (exact) mass is 219 g/mol. The first-order valence-electron chi connectivity index (χ1n) is 6.64. The van der Waals surface area contributed by atoms with Crippen molar-refractivity contribution in [2.24, 2.45) is 5.92 Å². The van der Waals surface area contributed by atoms with Gasteiger partial charge in [0.25, 0.3) is 0 Å². The van der Waals surface area contributed by atoms with E-state index >= 15 is 0 Å². The third-order valence-corrected chi connectivity index (χ3v) is 4.18. The Morgan fingerprint density at radius 1 is 1.25 bits per heavy atom. The number of hydrogen-bond acceptors (Lipinski definition) is 2. The molecule has 1 N–H and O–H groups in total. The molecule has 1 aliphatic carbocycles. The molecule has 3 rings (SSSR count). The summed E-state index contributed by atoms with van der Waals surface area (Å²) in [6, 6.07) is 0. The predicted molar refractivity (Wildman–Crippen MR) is 64.4 cm³/mol. The molecular weight excluding hydrogens is 198 g/mol. The van der Waals surface area contributed by atoms with Crippen LogP contribution in [-0.2, 0) is 6.54 Å². The second-order valence-electron chi connectivity index (χ2n) is 5.29. The summed E-state index contributed by atoms with van der Waals surface area (Å²) in [7, 11) is 0. The molecule has 1 aliphatic heterocycles. The molecule has 2 fully saturated rings. The molecule has 0 bridgehead atoms. The van der Waals surface area contributed by atoms with Gasteiger partial charge >= 0.3 is 0 Å². The molecule has 16 heavy (non-hydrogen) atoms. The average Bonchev–Trinajstić information content (AvgIpc) is 2.66. The van der Waals surface area contributed by atoms with Crippen LogP contribution in [0.5, 0.6) is 0 Å². The topological polar surface area (TPSA) is 29.9 Å². The molecule has 1 aromatic heterocycles. The van der Waals surface area contributed by atoms with E-state index in [-0.39, 0.29) is 0 Å². The smallest absolute Gasteiger partial charge is 0.0948 e. The second kappa shape index (κ2) is 4.58. The predicted octanol–water partition coefficient (Wildman–Crippen LogP) is 2.15. The zero-order valence-electron chi connectivity index (χ0n) is 9.86. The quantitative estimate of drug-likeness (QED) is 0.844. The van der Waals surface area contributed by atoms with Gasteiger partial charge < -0.3 is 9.88 Å². The van der Waals surface area contributed by atoms with E-state index in [1.807, 2.05) is 6.33 Å². The molecule has 2 aliphatic rings. The number of rotatable bonds is 3. The molecule has 1 aromatic rings. The summed E-state index contributed by atoms with van der Waals surface area (Å²) in [6.07, 6.45) is 10.9. The van der Waals surface area contributed by atoms with Gasteiger partial charge in [-0.3, -0.25) is 0 Å². The zero-order valence-corrected chi connectivity index (χ0v) is 9.86. The normalized spacial score (nSPS) is 23.2. The van der Waals surface area contributed by atoms with Gasteiger partial charge in [0, 0.05) is 24.4 Å². The fourth-order valence-corrected chi connectivity index (χ4v) is 2.87. The van der Waals surface area contributed by atoms with Crippen LogP contribution in [0.15, 0.2) is 12.5 Å². The van der Waals surface area contributed by atoms with E-state index in [1.54, 1.807) is 0 Å². The van der Waals surface area contributed by atoms with Crippen molar-refractivity contribution in [1.82, 2.24) is 14.9 Å². The lowest BCUT2D eigenvalue weighted by Gasteiger charge is -2.29. The molecule has 3 nitrogen and oxygen atoms in total. The second-order valence-corrected chi connectivity index (χ2v) is 5.29. The fraction of sp³-hybridized carbons (Fsp3) is 0.769. The van der Waals surface area contributed by atoms with Gasteiger partial charge in [0.2, 0.25) is 0 Å². The lowest BCUT2D eigenvalue weighted by atomic mass is 9.83. The molecule has 0 amide bonds. The van der Waals surface area contributed by atoms with Crippen molar-refractivity contribution in [3.05, 3.63) is 18.2 Å². The molecule has 2 heterocycles. The molecule has 0 radical (unpaired) electrons. The number of imidazole rings is 1. The van der Waals surface area contributed by atoms with Crippen molar-refractivity contribution in [2.45, 2.75) is 44.6 Å². The third kappa shape index (κ3) is 2.01. The van der Waals surface area contributed by atoms with Crippen LogP contribution in [0.3, 0.4) is 0 Å². The molecule has 1 saturated heterocycles. The Bertz CT molecular complexity index is 335. The van der Waals surface area contributed by atoms with Gasteiger partial charge in [-0.2, -0.15) is 0 Å². The molecule has 0 atom stereocenters. The maximum absolute atomic E-state index is 4.34. The Morgan fingerprint density at radius 2 is 2.06 bits per heavy atom. The molecule has 0 unspecified atom stereocenters. The summed E-state index contributed by atoms with van der Waals surface area (Å²) < 4.78 is 2.42. The average molecular weight is 219 g/mol. The SMILES string of the molecule is c1ncn(CC2CCNCC2)c1C1CCC1. The van der Waals surface area contributed by atoms with Gasteiger partial charge in [-0.05, 0) is 44.7 Å². The highest BCUT2D eigenvalue weighted by molar-refractivity contribution is 5.09. The van der Waals surface area contributed by atoms with E-state index in [1.165, 1.54) is 57.4 Å². The van der Waals surface area contributed by atoms with Crippen LogP contribution in [0.1, 0.15) is 43.7 Å². The van der Waals surface area contributed by atoms with Gasteiger partial charge in [-0.25, -0.2) is 4.98 Å². The van der Waals surface area contributed by atoms with Crippen molar-refractivity contribution >= 4 is 0 Å². The molecular formula is C13H21N3. The number of hydrogen-bond donors (Lipinski definition) is 1. The summed E-state index contributed by atoms with van der Waals surface area (Å²) in [5, 5.41) is 3.43. The number of aromatic nitrogens is 2. The van der Waals surface area contributed by atoms with E-state index in [9.17, 15) is 0 Å². The van der Waals surface area contributed by atoms with Gasteiger partial charge in [0.15, 0.2) is 0 Å². The highest BCUT2D eigenvalue weighted by Crippen LogP contribution is 2.36. The highest BCUT2D eigenvalue weighted by Gasteiger charge is 2.24. The largest absolute Gasteiger partial charge is 0.334 e. The summed E-state index contributed by atoms with van der Waals surface area (Å²) in [5.41, 5.74) is 1.49. The van der Waals surface area contributed by atoms with Crippen molar-refractivity contribution in [1.29, 1.82) is 0 Å². The minimum Gasteiger partial charge on any atom is -0.334 e. The lowest BCUT2D eigenvalue weighted by Crippen LogP contribution is -2.30. The van der Waals surface area contributed by atoms with Crippen LogP contribution in [0.2, 0.25) is 0 Å². The van der Waals surface area contributed by atoms with Crippen molar-refractivity contribution in [2.75, 3.05) is 13.1 Å². The van der Waals surface area contributed by atoms with Crippen LogP contribution < -0.4 is 5.32 Å². The minimum atomic E-state index is 0.809. The Labute approximate surface area is 97.3 Å². The summed E-state index contributed by atoms with van der Waals surface area (Å²) in [4.78, 5) is 4.34. The summed E-state index contributed by atoms with van der Waals surface area (Å²) in [6.45, 7) is 3.57. The van der Waals surface area contributed by atoms with E-state index < -0.39 is 0 Å². The Morgan fingerprint density at radius 3 is 2.75 bits per heavy atom. The number of piperidine rings is 1.